The average Bonchev–Trinajstić information content (AvgIpc) is 2.76. The Labute approximate surface area is 141 Å². The first-order valence-corrected chi connectivity index (χ1v) is 7.50. The van der Waals surface area contributed by atoms with Gasteiger partial charge in [-0.1, -0.05) is 17.7 Å². The zero-order valence-corrected chi connectivity index (χ0v) is 14.0. The Kier molecular flexibility index (Phi) is 5.17. The van der Waals surface area contributed by atoms with Crippen molar-refractivity contribution in [2.24, 2.45) is 7.05 Å². The summed E-state index contributed by atoms with van der Waals surface area (Å²) in [6, 6.07) is 3.35. The SMILES string of the molecule is Cc1cccnc1CC(C)NC(=O)c1c(Cl)c(C(F)(F)F)nn1C. The van der Waals surface area contributed by atoms with Crippen molar-refractivity contribution in [1.82, 2.24) is 20.1 Å². The van der Waals surface area contributed by atoms with Crippen LogP contribution in [0.25, 0.3) is 0 Å². The van der Waals surface area contributed by atoms with Crippen LogP contribution in [0.4, 0.5) is 13.2 Å². The Morgan fingerprint density at radius 3 is 2.67 bits per heavy atom. The fraction of sp³-hybridized carbons (Fsp3) is 0.400. The molecule has 0 aromatic carbocycles. The van der Waals surface area contributed by atoms with E-state index in [4.69, 9.17) is 11.6 Å². The third kappa shape index (κ3) is 3.87. The number of rotatable bonds is 4. The molecule has 1 N–H and O–H groups in total. The maximum atomic E-state index is 12.8. The van der Waals surface area contributed by atoms with Gasteiger partial charge in [0.1, 0.15) is 10.7 Å². The van der Waals surface area contributed by atoms with Crippen molar-refractivity contribution in [3.63, 3.8) is 0 Å². The number of carbonyl (C=O) groups excluding carboxylic acids is 1. The van der Waals surface area contributed by atoms with Crippen LogP contribution in [0.3, 0.4) is 0 Å². The predicted octanol–water partition coefficient (Wildman–Crippen LogP) is 3.16. The van der Waals surface area contributed by atoms with E-state index in [0.717, 1.165) is 15.9 Å². The van der Waals surface area contributed by atoms with Gasteiger partial charge in [-0.05, 0) is 25.5 Å². The van der Waals surface area contributed by atoms with Gasteiger partial charge in [0.15, 0.2) is 5.69 Å². The van der Waals surface area contributed by atoms with Gasteiger partial charge in [0.05, 0.1) is 0 Å². The van der Waals surface area contributed by atoms with Crippen LogP contribution in [0.2, 0.25) is 5.02 Å². The van der Waals surface area contributed by atoms with E-state index < -0.39 is 22.8 Å². The molecule has 0 aliphatic heterocycles. The molecule has 0 aliphatic carbocycles. The van der Waals surface area contributed by atoms with Gasteiger partial charge in [-0.3, -0.25) is 14.5 Å². The van der Waals surface area contributed by atoms with Crippen LogP contribution in [0.15, 0.2) is 18.3 Å². The van der Waals surface area contributed by atoms with Crippen LogP contribution < -0.4 is 5.32 Å². The highest BCUT2D eigenvalue weighted by Crippen LogP contribution is 2.35. The quantitative estimate of drug-likeness (QED) is 0.911. The minimum Gasteiger partial charge on any atom is -0.348 e. The maximum absolute atomic E-state index is 12.8. The molecule has 9 heteroatoms. The summed E-state index contributed by atoms with van der Waals surface area (Å²) in [7, 11) is 1.24. The maximum Gasteiger partial charge on any atom is 0.436 e. The molecule has 1 unspecified atom stereocenters. The minimum absolute atomic E-state index is 0.325. The van der Waals surface area contributed by atoms with Crippen LogP contribution in [-0.4, -0.2) is 26.7 Å². The fourth-order valence-corrected chi connectivity index (χ4v) is 2.64. The molecule has 130 valence electrons. The second-order valence-corrected chi connectivity index (χ2v) is 5.86. The molecular weight excluding hydrogens is 345 g/mol. The van der Waals surface area contributed by atoms with E-state index in [9.17, 15) is 18.0 Å². The first-order chi connectivity index (χ1) is 11.1. The number of carbonyl (C=O) groups is 1. The van der Waals surface area contributed by atoms with E-state index in [1.165, 1.54) is 7.05 Å². The molecule has 0 bridgehead atoms. The summed E-state index contributed by atoms with van der Waals surface area (Å²) in [4.78, 5) is 16.5. The highest BCUT2D eigenvalue weighted by Gasteiger charge is 2.39. The van der Waals surface area contributed by atoms with E-state index in [1.807, 2.05) is 13.0 Å². The van der Waals surface area contributed by atoms with Crippen molar-refractivity contribution in [1.29, 1.82) is 0 Å². The standard InChI is InChI=1S/C15H16ClF3N4O/c1-8-5-4-6-20-10(8)7-9(2)21-14(24)12-11(16)13(15(17,18)19)22-23(12)3/h4-6,9H,7H2,1-3H3,(H,21,24). The summed E-state index contributed by atoms with van der Waals surface area (Å²) in [6.07, 6.45) is -2.63. The van der Waals surface area contributed by atoms with Gasteiger partial charge in [-0.15, -0.1) is 0 Å². The summed E-state index contributed by atoms with van der Waals surface area (Å²) in [5.41, 5.74) is 0.174. The largest absolute Gasteiger partial charge is 0.436 e. The van der Waals surface area contributed by atoms with E-state index in [0.29, 0.717) is 6.42 Å². The first kappa shape index (κ1) is 18.3. The highest BCUT2D eigenvalue weighted by atomic mass is 35.5. The lowest BCUT2D eigenvalue weighted by molar-refractivity contribution is -0.141. The minimum atomic E-state index is -4.72. The Morgan fingerprint density at radius 1 is 1.46 bits per heavy atom. The molecule has 0 radical (unpaired) electrons. The molecule has 0 saturated heterocycles. The smallest absolute Gasteiger partial charge is 0.348 e. The van der Waals surface area contributed by atoms with Gasteiger partial charge in [-0.2, -0.15) is 18.3 Å². The fourth-order valence-electron chi connectivity index (χ4n) is 2.29. The Morgan fingerprint density at radius 2 is 2.12 bits per heavy atom. The zero-order valence-electron chi connectivity index (χ0n) is 13.3. The number of hydrogen-bond donors (Lipinski definition) is 1. The number of hydrogen-bond acceptors (Lipinski definition) is 3. The predicted molar refractivity (Wildman–Crippen MR) is 82.8 cm³/mol. The number of nitrogens with zero attached hydrogens (tertiary/aromatic N) is 3. The van der Waals surface area contributed by atoms with Crippen LogP contribution in [0, 0.1) is 6.92 Å². The molecule has 5 nitrogen and oxygen atoms in total. The summed E-state index contributed by atoms with van der Waals surface area (Å²) < 4.78 is 39.2. The topological polar surface area (TPSA) is 59.8 Å². The number of alkyl halides is 3. The summed E-state index contributed by atoms with van der Waals surface area (Å²) in [5.74, 6) is -0.716. The number of aromatic nitrogens is 3. The number of halogens is 4. The van der Waals surface area contributed by atoms with Crippen molar-refractivity contribution in [3.05, 3.63) is 46.0 Å². The lowest BCUT2D eigenvalue weighted by atomic mass is 10.1. The number of amides is 1. The van der Waals surface area contributed by atoms with Crippen molar-refractivity contribution in [2.45, 2.75) is 32.5 Å². The molecule has 0 aliphatic rings. The van der Waals surface area contributed by atoms with Crippen LogP contribution in [0.1, 0.15) is 34.4 Å². The van der Waals surface area contributed by atoms with Gasteiger partial charge >= 0.3 is 6.18 Å². The van der Waals surface area contributed by atoms with Gasteiger partial charge < -0.3 is 5.32 Å². The molecule has 1 amide bonds. The Bertz CT molecular complexity index is 758. The van der Waals surface area contributed by atoms with Crippen molar-refractivity contribution in [2.75, 3.05) is 0 Å². The average molecular weight is 361 g/mol. The normalized spacial score (nSPS) is 13.0. The number of pyridine rings is 1. The van der Waals surface area contributed by atoms with Crippen LogP contribution >= 0.6 is 11.6 Å². The third-order valence-corrected chi connectivity index (χ3v) is 3.83. The molecule has 2 heterocycles. The third-order valence-electron chi connectivity index (χ3n) is 3.47. The van der Waals surface area contributed by atoms with Crippen molar-refractivity contribution >= 4 is 17.5 Å². The zero-order chi connectivity index (χ0) is 18.1. The number of aryl methyl sites for hydroxylation is 2. The molecule has 2 aromatic heterocycles. The lowest BCUT2D eigenvalue weighted by Crippen LogP contribution is -2.35. The van der Waals surface area contributed by atoms with Crippen LogP contribution in [0.5, 0.6) is 0 Å². The Hall–Kier alpha value is -2.09. The molecule has 2 rings (SSSR count). The highest BCUT2D eigenvalue weighted by molar-refractivity contribution is 6.34. The molecule has 0 saturated carbocycles. The van der Waals surface area contributed by atoms with Gasteiger partial charge in [0, 0.05) is 31.4 Å². The molecular formula is C15H16ClF3N4O. The van der Waals surface area contributed by atoms with Crippen LogP contribution in [-0.2, 0) is 19.6 Å². The molecule has 24 heavy (non-hydrogen) atoms. The van der Waals surface area contributed by atoms with E-state index in [-0.39, 0.29) is 11.7 Å². The van der Waals surface area contributed by atoms with E-state index in [2.05, 4.69) is 15.4 Å². The summed E-state index contributed by atoms with van der Waals surface area (Å²) in [6.45, 7) is 3.63. The second-order valence-electron chi connectivity index (χ2n) is 5.48. The first-order valence-electron chi connectivity index (χ1n) is 7.12. The van der Waals surface area contributed by atoms with Crippen molar-refractivity contribution in [3.8, 4) is 0 Å². The second kappa shape index (κ2) is 6.80. The van der Waals surface area contributed by atoms with E-state index in [1.54, 1.807) is 19.2 Å². The van der Waals surface area contributed by atoms with Crippen molar-refractivity contribution < 1.29 is 18.0 Å². The van der Waals surface area contributed by atoms with Gasteiger partial charge in [0.2, 0.25) is 0 Å². The molecule has 0 spiro atoms. The lowest BCUT2D eigenvalue weighted by Gasteiger charge is -2.15. The van der Waals surface area contributed by atoms with Gasteiger partial charge in [-0.25, -0.2) is 0 Å². The number of nitrogens with one attached hydrogen (secondary N) is 1. The molecule has 2 aromatic rings. The van der Waals surface area contributed by atoms with Gasteiger partial charge in [0.25, 0.3) is 5.91 Å². The van der Waals surface area contributed by atoms with E-state index >= 15 is 0 Å². The molecule has 1 atom stereocenters. The molecule has 0 fully saturated rings. The summed E-state index contributed by atoms with van der Waals surface area (Å²) >= 11 is 5.70. The Balaban J connectivity index is 2.16. The monoisotopic (exact) mass is 360 g/mol. The summed E-state index contributed by atoms with van der Waals surface area (Å²) in [5, 5.41) is 5.22.